The van der Waals surface area contributed by atoms with Gasteiger partial charge < -0.3 is 4.74 Å². The molecule has 0 atom stereocenters. The van der Waals surface area contributed by atoms with Gasteiger partial charge in [0.2, 0.25) is 0 Å². The Hall–Kier alpha value is -2.88. The number of ether oxygens (including phenoxy) is 1. The third-order valence-corrected chi connectivity index (χ3v) is 7.02. The third kappa shape index (κ3) is 7.56. The van der Waals surface area contributed by atoms with Crippen molar-refractivity contribution in [1.29, 1.82) is 0 Å². The van der Waals surface area contributed by atoms with Crippen LogP contribution in [0.1, 0.15) is 33.5 Å². The first-order chi connectivity index (χ1) is 17.0. The molecule has 3 aromatic rings. The molecule has 0 aromatic heterocycles. The van der Waals surface area contributed by atoms with E-state index < -0.39 is 21.6 Å². The molecule has 0 aliphatic carbocycles. The molecule has 0 aliphatic heterocycles. The Kier molecular flexibility index (Phi) is 9.16. The summed E-state index contributed by atoms with van der Waals surface area (Å²) >= 11 is 6.11. The molecule has 3 aromatic carbocycles. The molecule has 0 saturated carbocycles. The quantitative estimate of drug-likeness (QED) is 0.219. The van der Waals surface area contributed by atoms with Gasteiger partial charge >= 0.3 is 6.18 Å². The van der Waals surface area contributed by atoms with E-state index in [0.29, 0.717) is 37.1 Å². The van der Waals surface area contributed by atoms with E-state index in [1.165, 1.54) is 24.3 Å². The van der Waals surface area contributed by atoms with Crippen molar-refractivity contribution in [3.63, 3.8) is 0 Å². The first kappa shape index (κ1) is 27.7. The lowest BCUT2D eigenvalue weighted by Gasteiger charge is -2.24. The zero-order valence-electron chi connectivity index (χ0n) is 19.5. The fraction of sp³-hybridized carbons (Fsp3) is 0.269. The molecule has 0 unspecified atom stereocenters. The number of hydrogen-bond acceptors (Lipinski definition) is 5. The van der Waals surface area contributed by atoms with Crippen molar-refractivity contribution in [3.05, 3.63) is 94.0 Å². The predicted octanol–water partition coefficient (Wildman–Crippen LogP) is 6.05. The summed E-state index contributed by atoms with van der Waals surface area (Å²) in [6.45, 7) is 1.39. The summed E-state index contributed by atoms with van der Waals surface area (Å²) in [4.78, 5) is 13.0. The van der Waals surface area contributed by atoms with E-state index in [2.05, 4.69) is 0 Å². The van der Waals surface area contributed by atoms with Crippen molar-refractivity contribution in [3.8, 4) is 5.75 Å². The summed E-state index contributed by atoms with van der Waals surface area (Å²) in [5, 5.41) is -0.317. The molecule has 36 heavy (non-hydrogen) atoms. The molecular weight excluding hydrogens is 515 g/mol. The Balaban J connectivity index is 1.71. The van der Waals surface area contributed by atoms with Gasteiger partial charge in [0.25, 0.3) is 0 Å². The zero-order valence-corrected chi connectivity index (χ0v) is 21.0. The lowest BCUT2D eigenvalue weighted by atomic mass is 10.1. The second-order valence-corrected chi connectivity index (χ2v) is 10.6. The maximum absolute atomic E-state index is 13.3. The van der Waals surface area contributed by atoms with Crippen molar-refractivity contribution >= 4 is 27.7 Å². The molecule has 0 heterocycles. The highest BCUT2D eigenvalue weighted by Gasteiger charge is 2.34. The van der Waals surface area contributed by atoms with E-state index in [9.17, 15) is 26.4 Å². The van der Waals surface area contributed by atoms with Gasteiger partial charge in [-0.2, -0.15) is 13.2 Å². The third-order valence-electron chi connectivity index (χ3n) is 5.43. The molecule has 0 bridgehead atoms. The van der Waals surface area contributed by atoms with E-state index in [-0.39, 0.29) is 28.6 Å². The second kappa shape index (κ2) is 11.9. The number of nitrogens with zero attached hydrogens (tertiary/aromatic N) is 1. The molecule has 5 nitrogen and oxygen atoms in total. The van der Waals surface area contributed by atoms with Crippen molar-refractivity contribution in [2.24, 2.45) is 0 Å². The fourth-order valence-corrected chi connectivity index (χ4v) is 4.89. The number of halogens is 4. The topological polar surface area (TPSA) is 63.7 Å². The summed E-state index contributed by atoms with van der Waals surface area (Å²) in [6, 6.07) is 17.6. The first-order valence-electron chi connectivity index (χ1n) is 11.0. The maximum Gasteiger partial charge on any atom is 0.417 e. The van der Waals surface area contributed by atoms with Gasteiger partial charge in [0.1, 0.15) is 5.75 Å². The van der Waals surface area contributed by atoms with Crippen molar-refractivity contribution in [1.82, 2.24) is 4.90 Å². The summed E-state index contributed by atoms with van der Waals surface area (Å²) in [5.41, 5.74) is 0.538. The largest absolute Gasteiger partial charge is 0.494 e. The van der Waals surface area contributed by atoms with E-state index in [1.807, 2.05) is 35.2 Å². The number of carbonyl (C=O) groups is 1. The molecule has 0 amide bonds. The van der Waals surface area contributed by atoms with Crippen LogP contribution in [0, 0.1) is 0 Å². The standard InChI is InChI=1S/C26H25ClF3NO4S/c1-36(33,34)24-15-22(12-11-21(24)18-32)35-14-6-13-31(16-19-7-3-2-4-8-19)17-20-9-5-10-23(25(20)27)26(28,29)30/h2-5,7-12,15,18H,6,13-14,16-17H2,1H3. The van der Waals surface area contributed by atoms with Crippen LogP contribution < -0.4 is 4.74 Å². The van der Waals surface area contributed by atoms with Gasteiger partial charge in [0.15, 0.2) is 16.1 Å². The average molecular weight is 540 g/mol. The number of sulfone groups is 1. The highest BCUT2D eigenvalue weighted by atomic mass is 35.5. The number of alkyl halides is 3. The summed E-state index contributed by atoms with van der Waals surface area (Å²) in [7, 11) is -3.61. The van der Waals surface area contributed by atoms with E-state index >= 15 is 0 Å². The number of rotatable bonds is 11. The number of aldehydes is 1. The lowest BCUT2D eigenvalue weighted by Crippen LogP contribution is -2.25. The summed E-state index contributed by atoms with van der Waals surface area (Å²) in [6.07, 6.45) is -2.55. The van der Waals surface area contributed by atoms with Crippen LogP contribution in [0.5, 0.6) is 5.75 Å². The lowest BCUT2D eigenvalue weighted by molar-refractivity contribution is -0.137. The Morgan fingerprint density at radius 3 is 2.36 bits per heavy atom. The van der Waals surface area contributed by atoms with Crippen molar-refractivity contribution in [2.45, 2.75) is 30.6 Å². The number of hydrogen-bond donors (Lipinski definition) is 0. The Labute approximate surface area is 213 Å². The summed E-state index contributed by atoms with van der Waals surface area (Å²) in [5.74, 6) is 0.302. The molecule has 0 spiro atoms. The maximum atomic E-state index is 13.3. The molecule has 0 radical (unpaired) electrons. The van der Waals surface area contributed by atoms with Crippen LogP contribution in [0.25, 0.3) is 0 Å². The monoisotopic (exact) mass is 539 g/mol. The van der Waals surface area contributed by atoms with E-state index in [0.717, 1.165) is 17.9 Å². The van der Waals surface area contributed by atoms with Gasteiger partial charge in [0.05, 0.1) is 22.1 Å². The van der Waals surface area contributed by atoms with Crippen LogP contribution in [0.3, 0.4) is 0 Å². The molecule has 192 valence electrons. The number of benzene rings is 3. The van der Waals surface area contributed by atoms with Crippen molar-refractivity contribution in [2.75, 3.05) is 19.4 Å². The minimum Gasteiger partial charge on any atom is -0.494 e. The normalized spacial score (nSPS) is 12.1. The van der Waals surface area contributed by atoms with Crippen LogP contribution in [-0.2, 0) is 29.1 Å². The average Bonchev–Trinajstić information content (AvgIpc) is 2.82. The Bertz CT molecular complexity index is 1300. The van der Waals surface area contributed by atoms with Gasteiger partial charge in [0, 0.05) is 31.5 Å². The highest BCUT2D eigenvalue weighted by molar-refractivity contribution is 7.90. The van der Waals surface area contributed by atoms with Crippen LogP contribution in [0.4, 0.5) is 13.2 Å². The van der Waals surface area contributed by atoms with Gasteiger partial charge in [-0.3, -0.25) is 9.69 Å². The minimum absolute atomic E-state index is 0.0526. The molecule has 0 aliphatic rings. The molecule has 0 saturated heterocycles. The van der Waals surface area contributed by atoms with E-state index in [4.69, 9.17) is 16.3 Å². The van der Waals surface area contributed by atoms with Crippen LogP contribution in [0.15, 0.2) is 71.6 Å². The summed E-state index contributed by atoms with van der Waals surface area (Å²) < 4.78 is 69.5. The van der Waals surface area contributed by atoms with Crippen molar-refractivity contribution < 1.29 is 31.1 Å². The Morgan fingerprint density at radius 1 is 1.00 bits per heavy atom. The van der Waals surface area contributed by atoms with Gasteiger partial charge in [-0.15, -0.1) is 0 Å². The Morgan fingerprint density at radius 2 is 1.72 bits per heavy atom. The van der Waals surface area contributed by atoms with Crippen LogP contribution in [0.2, 0.25) is 5.02 Å². The first-order valence-corrected chi connectivity index (χ1v) is 13.3. The van der Waals surface area contributed by atoms with E-state index in [1.54, 1.807) is 6.07 Å². The fourth-order valence-electron chi connectivity index (χ4n) is 3.72. The highest BCUT2D eigenvalue weighted by Crippen LogP contribution is 2.36. The molecular formula is C26H25ClF3NO4S. The van der Waals surface area contributed by atoms with Crippen LogP contribution >= 0.6 is 11.6 Å². The smallest absolute Gasteiger partial charge is 0.417 e. The molecule has 0 fully saturated rings. The zero-order chi connectivity index (χ0) is 26.3. The second-order valence-electron chi connectivity index (χ2n) is 8.26. The molecule has 3 rings (SSSR count). The SMILES string of the molecule is CS(=O)(=O)c1cc(OCCCN(Cc2ccccc2)Cc2cccc(C(F)(F)F)c2Cl)ccc1C=O. The van der Waals surface area contributed by atoms with Gasteiger partial charge in [-0.1, -0.05) is 54.1 Å². The van der Waals surface area contributed by atoms with Gasteiger partial charge in [-0.25, -0.2) is 8.42 Å². The van der Waals surface area contributed by atoms with Crippen LogP contribution in [-0.4, -0.2) is 39.0 Å². The number of carbonyl (C=O) groups excluding carboxylic acids is 1. The minimum atomic E-state index is -4.55. The predicted molar refractivity (Wildman–Crippen MR) is 132 cm³/mol. The molecule has 10 heteroatoms. The van der Waals surface area contributed by atoms with Gasteiger partial charge in [-0.05, 0) is 41.8 Å². The molecule has 0 N–H and O–H groups in total.